The molecule has 0 spiro atoms. The first-order valence-electron chi connectivity index (χ1n) is 10.1. The zero-order valence-corrected chi connectivity index (χ0v) is 20.8. The van der Waals surface area contributed by atoms with Crippen LogP contribution in [-0.4, -0.2) is 45.3 Å². The van der Waals surface area contributed by atoms with E-state index in [1.54, 1.807) is 13.3 Å². The number of sulfonamides is 1. The summed E-state index contributed by atoms with van der Waals surface area (Å²) in [6, 6.07) is 17.3. The molecule has 0 aliphatic carbocycles. The number of anilines is 1. The van der Waals surface area contributed by atoms with Crippen molar-refractivity contribution < 1.29 is 12.8 Å². The average molecular weight is 567 g/mol. The predicted molar refractivity (Wildman–Crippen MR) is 137 cm³/mol. The Balaban J connectivity index is 0.00000289. The standard InChI is InChI=1S/C22H25N5O3S.HI/c1-23-22(25-15-19-16-30-21(26-19)18-8-3-2-4-9-18)24-12-14-31(28,29)27-13-11-17-7-5-6-10-20(17)27;/h2-10,16H,11-15H2,1H3,(H2,23,24,25);1H. The Kier molecular flexibility index (Phi) is 8.13. The van der Waals surface area contributed by atoms with Gasteiger partial charge >= 0.3 is 0 Å². The van der Waals surface area contributed by atoms with Gasteiger partial charge in [-0.15, -0.1) is 24.0 Å². The van der Waals surface area contributed by atoms with Crippen LogP contribution in [0.25, 0.3) is 11.5 Å². The molecule has 0 unspecified atom stereocenters. The van der Waals surface area contributed by atoms with E-state index >= 15 is 0 Å². The third-order valence-electron chi connectivity index (χ3n) is 5.07. The second-order valence-corrected chi connectivity index (χ2v) is 9.14. The lowest BCUT2D eigenvalue weighted by atomic mass is 10.2. The molecule has 0 bridgehead atoms. The molecule has 3 aromatic rings. The number of rotatable bonds is 7. The highest BCUT2D eigenvalue weighted by atomic mass is 127. The number of benzene rings is 2. The molecule has 1 aromatic heterocycles. The summed E-state index contributed by atoms with van der Waals surface area (Å²) < 4.78 is 32.6. The summed E-state index contributed by atoms with van der Waals surface area (Å²) in [5, 5.41) is 6.19. The molecular formula is C22H26IN5O3S. The zero-order valence-electron chi connectivity index (χ0n) is 17.7. The molecule has 2 heterocycles. The minimum Gasteiger partial charge on any atom is -0.444 e. The summed E-state index contributed by atoms with van der Waals surface area (Å²) in [6.45, 7) is 1.14. The number of aliphatic imine (C=N–C) groups is 1. The molecule has 1 aliphatic rings. The van der Waals surface area contributed by atoms with Gasteiger partial charge in [-0.1, -0.05) is 36.4 Å². The largest absolute Gasteiger partial charge is 0.444 e. The lowest BCUT2D eigenvalue weighted by Gasteiger charge is -2.20. The highest BCUT2D eigenvalue weighted by Crippen LogP contribution is 2.29. The zero-order chi connectivity index (χ0) is 21.7. The molecular weight excluding hydrogens is 541 g/mol. The molecule has 2 aromatic carbocycles. The number of fused-ring (bicyclic) bond motifs is 1. The van der Waals surface area contributed by atoms with Crippen LogP contribution in [0.3, 0.4) is 0 Å². The molecule has 10 heteroatoms. The fraction of sp³-hybridized carbons (Fsp3) is 0.273. The van der Waals surface area contributed by atoms with Crippen LogP contribution in [0.2, 0.25) is 0 Å². The lowest BCUT2D eigenvalue weighted by molar-refractivity contribution is 0.572. The van der Waals surface area contributed by atoms with E-state index in [0.29, 0.717) is 24.9 Å². The van der Waals surface area contributed by atoms with Gasteiger partial charge in [-0.3, -0.25) is 9.30 Å². The maximum absolute atomic E-state index is 12.8. The van der Waals surface area contributed by atoms with Crippen LogP contribution in [0.1, 0.15) is 11.3 Å². The second-order valence-electron chi connectivity index (χ2n) is 7.13. The Morgan fingerprint density at radius 2 is 1.88 bits per heavy atom. The van der Waals surface area contributed by atoms with Gasteiger partial charge in [0.2, 0.25) is 15.9 Å². The van der Waals surface area contributed by atoms with Crippen molar-refractivity contribution in [2.45, 2.75) is 13.0 Å². The number of hydrogen-bond acceptors (Lipinski definition) is 5. The quantitative estimate of drug-likeness (QED) is 0.259. The minimum atomic E-state index is -3.41. The Labute approximate surface area is 205 Å². The van der Waals surface area contributed by atoms with Crippen molar-refractivity contribution >= 4 is 45.6 Å². The third-order valence-corrected chi connectivity index (χ3v) is 6.84. The molecule has 0 atom stereocenters. The van der Waals surface area contributed by atoms with Crippen LogP contribution in [-0.2, 0) is 23.0 Å². The van der Waals surface area contributed by atoms with Gasteiger partial charge in [0.15, 0.2) is 5.96 Å². The van der Waals surface area contributed by atoms with Gasteiger partial charge in [-0.05, 0) is 30.2 Å². The highest BCUT2D eigenvalue weighted by Gasteiger charge is 2.28. The van der Waals surface area contributed by atoms with Crippen molar-refractivity contribution in [3.63, 3.8) is 0 Å². The molecule has 0 amide bonds. The number of aromatic nitrogens is 1. The van der Waals surface area contributed by atoms with Gasteiger partial charge < -0.3 is 15.1 Å². The van der Waals surface area contributed by atoms with Crippen molar-refractivity contribution in [2.24, 2.45) is 4.99 Å². The molecule has 170 valence electrons. The fourth-order valence-electron chi connectivity index (χ4n) is 3.50. The van der Waals surface area contributed by atoms with E-state index in [0.717, 1.165) is 28.9 Å². The second kappa shape index (κ2) is 10.8. The Morgan fingerprint density at radius 1 is 1.12 bits per heavy atom. The summed E-state index contributed by atoms with van der Waals surface area (Å²) in [7, 11) is -1.77. The number of guanidine groups is 1. The normalized spacial score (nSPS) is 13.4. The van der Waals surface area contributed by atoms with Crippen molar-refractivity contribution in [1.82, 2.24) is 15.6 Å². The summed E-state index contributed by atoms with van der Waals surface area (Å²) >= 11 is 0. The van der Waals surface area contributed by atoms with E-state index in [4.69, 9.17) is 4.42 Å². The molecule has 0 fully saturated rings. The maximum Gasteiger partial charge on any atom is 0.236 e. The number of nitrogens with zero attached hydrogens (tertiary/aromatic N) is 3. The first kappa shape index (κ1) is 24.1. The van der Waals surface area contributed by atoms with Crippen LogP contribution in [0.15, 0.2) is 70.3 Å². The van der Waals surface area contributed by atoms with Crippen LogP contribution < -0.4 is 14.9 Å². The smallest absolute Gasteiger partial charge is 0.236 e. The summed E-state index contributed by atoms with van der Waals surface area (Å²) in [5.74, 6) is 1.03. The fourth-order valence-corrected chi connectivity index (χ4v) is 4.93. The number of nitrogens with one attached hydrogen (secondary N) is 2. The predicted octanol–water partition coefficient (Wildman–Crippen LogP) is 3.02. The lowest BCUT2D eigenvalue weighted by Crippen LogP contribution is -2.41. The van der Waals surface area contributed by atoms with Gasteiger partial charge in [0.05, 0.1) is 23.7 Å². The van der Waals surface area contributed by atoms with Crippen LogP contribution in [0.5, 0.6) is 0 Å². The maximum atomic E-state index is 12.8. The number of para-hydroxylation sites is 1. The summed E-state index contributed by atoms with van der Waals surface area (Å²) in [5.41, 5.74) is 3.48. The first-order chi connectivity index (χ1) is 15.1. The third kappa shape index (κ3) is 5.60. The van der Waals surface area contributed by atoms with Crippen LogP contribution in [0, 0.1) is 0 Å². The van der Waals surface area contributed by atoms with E-state index < -0.39 is 10.0 Å². The minimum absolute atomic E-state index is 0. The highest BCUT2D eigenvalue weighted by molar-refractivity contribution is 14.0. The van der Waals surface area contributed by atoms with E-state index in [1.165, 1.54) is 4.31 Å². The number of oxazole rings is 1. The molecule has 32 heavy (non-hydrogen) atoms. The van der Waals surface area contributed by atoms with Crippen molar-refractivity contribution in [2.75, 3.05) is 30.2 Å². The van der Waals surface area contributed by atoms with Gasteiger partial charge in [-0.25, -0.2) is 13.4 Å². The molecule has 0 saturated heterocycles. The van der Waals surface area contributed by atoms with Crippen LogP contribution in [0.4, 0.5) is 5.69 Å². The van der Waals surface area contributed by atoms with Gasteiger partial charge in [0.1, 0.15) is 6.26 Å². The monoisotopic (exact) mass is 567 g/mol. The summed E-state index contributed by atoms with van der Waals surface area (Å²) in [4.78, 5) is 8.61. The van der Waals surface area contributed by atoms with E-state index in [9.17, 15) is 8.42 Å². The summed E-state index contributed by atoms with van der Waals surface area (Å²) in [6.07, 6.45) is 2.34. The molecule has 0 saturated carbocycles. The Hall–Kier alpha value is -2.60. The number of hydrogen-bond donors (Lipinski definition) is 2. The molecule has 8 nitrogen and oxygen atoms in total. The Morgan fingerprint density at radius 3 is 2.66 bits per heavy atom. The van der Waals surface area contributed by atoms with Crippen molar-refractivity contribution in [3.8, 4) is 11.5 Å². The Bertz CT molecular complexity index is 1170. The van der Waals surface area contributed by atoms with Crippen LogP contribution >= 0.6 is 24.0 Å². The van der Waals surface area contributed by atoms with Gasteiger partial charge in [0, 0.05) is 25.7 Å². The van der Waals surface area contributed by atoms with E-state index in [1.807, 2.05) is 54.6 Å². The first-order valence-corrected chi connectivity index (χ1v) is 11.7. The molecule has 2 N–H and O–H groups in total. The average Bonchev–Trinajstić information content (AvgIpc) is 3.44. The van der Waals surface area contributed by atoms with Crippen molar-refractivity contribution in [3.05, 3.63) is 72.1 Å². The van der Waals surface area contributed by atoms with Crippen molar-refractivity contribution in [1.29, 1.82) is 0 Å². The van der Waals surface area contributed by atoms with E-state index in [-0.39, 0.29) is 36.3 Å². The molecule has 1 aliphatic heterocycles. The van der Waals surface area contributed by atoms with Gasteiger partial charge in [-0.2, -0.15) is 0 Å². The number of halogens is 1. The topological polar surface area (TPSA) is 99.8 Å². The van der Waals surface area contributed by atoms with E-state index in [2.05, 4.69) is 20.6 Å². The molecule has 0 radical (unpaired) electrons. The molecule has 4 rings (SSSR count). The van der Waals surface area contributed by atoms with Gasteiger partial charge in [0.25, 0.3) is 0 Å². The SMILES string of the molecule is CN=C(NCCS(=O)(=O)N1CCc2ccccc21)NCc1coc(-c2ccccc2)n1.I.